The molecule has 2 rings (SSSR count). The van der Waals surface area contributed by atoms with E-state index in [4.69, 9.17) is 0 Å². The molecule has 0 saturated heterocycles. The fourth-order valence-corrected chi connectivity index (χ4v) is 2.00. The first-order valence-corrected chi connectivity index (χ1v) is 6.31. The summed E-state index contributed by atoms with van der Waals surface area (Å²) < 4.78 is 1.95. The molecule has 2 aromatic heterocycles. The Morgan fingerprint density at radius 2 is 2.22 bits per heavy atom. The van der Waals surface area contributed by atoms with Crippen molar-refractivity contribution >= 4 is 5.78 Å². The van der Waals surface area contributed by atoms with Crippen molar-refractivity contribution in [1.82, 2.24) is 19.7 Å². The van der Waals surface area contributed by atoms with E-state index in [9.17, 15) is 4.79 Å². The van der Waals surface area contributed by atoms with E-state index in [1.165, 1.54) is 0 Å². The monoisotopic (exact) mass is 246 g/mol. The molecule has 0 aliphatic rings. The van der Waals surface area contributed by atoms with E-state index in [-0.39, 0.29) is 5.78 Å². The summed E-state index contributed by atoms with van der Waals surface area (Å²) in [7, 11) is 0. The van der Waals surface area contributed by atoms with Gasteiger partial charge in [-0.3, -0.25) is 9.48 Å². The molecular weight excluding hydrogens is 228 g/mol. The van der Waals surface area contributed by atoms with Gasteiger partial charge >= 0.3 is 0 Å². The molecular formula is C13H18N4O. The summed E-state index contributed by atoms with van der Waals surface area (Å²) in [6.07, 6.45) is 7.56. The second-order valence-corrected chi connectivity index (χ2v) is 4.30. The molecule has 5 heteroatoms. The van der Waals surface area contributed by atoms with E-state index in [0.29, 0.717) is 18.3 Å². The molecule has 5 nitrogen and oxygen atoms in total. The lowest BCUT2D eigenvalue weighted by atomic mass is 10.2. The molecule has 0 saturated carbocycles. The van der Waals surface area contributed by atoms with Gasteiger partial charge in [0.1, 0.15) is 0 Å². The van der Waals surface area contributed by atoms with Gasteiger partial charge in [0, 0.05) is 18.6 Å². The van der Waals surface area contributed by atoms with Gasteiger partial charge in [-0.2, -0.15) is 5.10 Å². The van der Waals surface area contributed by atoms with Crippen LogP contribution in [0.15, 0.2) is 24.7 Å². The molecule has 0 bridgehead atoms. The number of imidazole rings is 1. The largest absolute Gasteiger partial charge is 0.342 e. The summed E-state index contributed by atoms with van der Waals surface area (Å²) in [5, 5.41) is 4.46. The van der Waals surface area contributed by atoms with Crippen LogP contribution < -0.4 is 0 Å². The van der Waals surface area contributed by atoms with Crippen LogP contribution >= 0.6 is 0 Å². The molecule has 0 radical (unpaired) electrons. The number of hydrogen-bond donors (Lipinski definition) is 1. The first-order chi connectivity index (χ1) is 8.74. The number of nitrogens with one attached hydrogen (secondary N) is 1. The molecule has 0 spiro atoms. The summed E-state index contributed by atoms with van der Waals surface area (Å²) in [6, 6.07) is 2.32. The second-order valence-electron chi connectivity index (χ2n) is 4.30. The SMILES string of the molecule is CCC(CC)n1ccc(CC(=O)c2ncc[nH]2)n1. The van der Waals surface area contributed by atoms with Crippen LogP contribution in [0.1, 0.15) is 49.0 Å². The number of hydrogen-bond acceptors (Lipinski definition) is 3. The fraction of sp³-hybridized carbons (Fsp3) is 0.462. The van der Waals surface area contributed by atoms with Gasteiger partial charge < -0.3 is 4.98 Å². The van der Waals surface area contributed by atoms with Gasteiger partial charge in [0.25, 0.3) is 0 Å². The minimum absolute atomic E-state index is 0.0326. The van der Waals surface area contributed by atoms with Crippen LogP contribution in [0.5, 0.6) is 0 Å². The number of rotatable bonds is 6. The second kappa shape index (κ2) is 5.62. The highest BCUT2D eigenvalue weighted by Crippen LogP contribution is 2.14. The average molecular weight is 246 g/mol. The Morgan fingerprint density at radius 1 is 1.44 bits per heavy atom. The van der Waals surface area contributed by atoms with Crippen molar-refractivity contribution in [2.24, 2.45) is 0 Å². The van der Waals surface area contributed by atoms with Gasteiger partial charge in [-0.25, -0.2) is 4.98 Å². The smallest absolute Gasteiger partial charge is 0.204 e. The Hall–Kier alpha value is -1.91. The van der Waals surface area contributed by atoms with Gasteiger partial charge in [-0.05, 0) is 18.9 Å². The Kier molecular flexibility index (Phi) is 3.92. The first-order valence-electron chi connectivity index (χ1n) is 6.31. The Labute approximate surface area is 106 Å². The number of H-pyrrole nitrogens is 1. The number of aromatic amines is 1. The third kappa shape index (κ3) is 2.67. The molecule has 0 atom stereocenters. The Balaban J connectivity index is 2.05. The maximum atomic E-state index is 11.9. The van der Waals surface area contributed by atoms with Crippen LogP contribution in [0.3, 0.4) is 0 Å². The minimum atomic E-state index is -0.0326. The average Bonchev–Trinajstić information content (AvgIpc) is 3.01. The molecule has 96 valence electrons. The van der Waals surface area contributed by atoms with Gasteiger partial charge in [0.2, 0.25) is 5.78 Å². The number of ketones is 1. The van der Waals surface area contributed by atoms with E-state index in [0.717, 1.165) is 18.5 Å². The predicted molar refractivity (Wildman–Crippen MR) is 68.5 cm³/mol. The molecule has 0 aliphatic heterocycles. The number of aromatic nitrogens is 4. The molecule has 0 aliphatic carbocycles. The van der Waals surface area contributed by atoms with Crippen molar-refractivity contribution in [3.63, 3.8) is 0 Å². The summed E-state index contributed by atoms with van der Waals surface area (Å²) >= 11 is 0. The zero-order valence-electron chi connectivity index (χ0n) is 10.8. The minimum Gasteiger partial charge on any atom is -0.342 e. The van der Waals surface area contributed by atoms with Crippen LogP contribution in [-0.4, -0.2) is 25.5 Å². The lowest BCUT2D eigenvalue weighted by Crippen LogP contribution is -2.10. The molecule has 0 aromatic carbocycles. The van der Waals surface area contributed by atoms with Crippen molar-refractivity contribution in [2.45, 2.75) is 39.2 Å². The van der Waals surface area contributed by atoms with Crippen LogP contribution in [0.25, 0.3) is 0 Å². The van der Waals surface area contributed by atoms with E-state index in [1.54, 1.807) is 12.4 Å². The maximum Gasteiger partial charge on any atom is 0.204 e. The molecule has 2 aromatic rings. The van der Waals surface area contributed by atoms with Crippen LogP contribution in [0.4, 0.5) is 0 Å². The predicted octanol–water partition coefficient (Wildman–Crippen LogP) is 2.39. The molecule has 0 amide bonds. The van der Waals surface area contributed by atoms with Crippen molar-refractivity contribution in [3.05, 3.63) is 36.2 Å². The van der Waals surface area contributed by atoms with Crippen LogP contribution in [-0.2, 0) is 6.42 Å². The van der Waals surface area contributed by atoms with E-state index < -0.39 is 0 Å². The number of carbonyl (C=O) groups excluding carboxylic acids is 1. The zero-order chi connectivity index (χ0) is 13.0. The Morgan fingerprint density at radius 3 is 2.83 bits per heavy atom. The summed E-state index contributed by atoms with van der Waals surface area (Å²) in [6.45, 7) is 4.28. The molecule has 0 fully saturated rings. The van der Waals surface area contributed by atoms with Crippen molar-refractivity contribution in [3.8, 4) is 0 Å². The fourth-order valence-electron chi connectivity index (χ4n) is 2.00. The highest BCUT2D eigenvalue weighted by atomic mass is 16.1. The summed E-state index contributed by atoms with van der Waals surface area (Å²) in [5.41, 5.74) is 0.795. The third-order valence-corrected chi connectivity index (χ3v) is 3.08. The van der Waals surface area contributed by atoms with Crippen molar-refractivity contribution in [2.75, 3.05) is 0 Å². The normalized spacial score (nSPS) is 11.1. The third-order valence-electron chi connectivity index (χ3n) is 3.08. The molecule has 18 heavy (non-hydrogen) atoms. The first kappa shape index (κ1) is 12.5. The molecule has 1 N–H and O–H groups in total. The lowest BCUT2D eigenvalue weighted by molar-refractivity contribution is 0.0982. The quantitative estimate of drug-likeness (QED) is 0.796. The van der Waals surface area contributed by atoms with E-state index in [1.807, 2.05) is 16.9 Å². The van der Waals surface area contributed by atoms with Crippen LogP contribution in [0.2, 0.25) is 0 Å². The maximum absolute atomic E-state index is 11.9. The zero-order valence-corrected chi connectivity index (χ0v) is 10.8. The van der Waals surface area contributed by atoms with Crippen molar-refractivity contribution in [1.29, 1.82) is 0 Å². The van der Waals surface area contributed by atoms with Crippen LogP contribution in [0, 0.1) is 0 Å². The van der Waals surface area contributed by atoms with E-state index in [2.05, 4.69) is 28.9 Å². The van der Waals surface area contributed by atoms with Gasteiger partial charge in [-0.1, -0.05) is 13.8 Å². The number of carbonyl (C=O) groups is 1. The van der Waals surface area contributed by atoms with E-state index >= 15 is 0 Å². The summed E-state index contributed by atoms with van der Waals surface area (Å²) in [5.74, 6) is 0.363. The van der Waals surface area contributed by atoms with Gasteiger partial charge in [0.15, 0.2) is 5.82 Å². The highest BCUT2D eigenvalue weighted by molar-refractivity contribution is 5.93. The number of nitrogens with zero attached hydrogens (tertiary/aromatic N) is 3. The number of Topliss-reactive ketones (excluding diaryl/α,β-unsaturated/α-hetero) is 1. The van der Waals surface area contributed by atoms with Gasteiger partial charge in [0.05, 0.1) is 18.2 Å². The molecule has 2 heterocycles. The Bertz CT molecular complexity index is 497. The lowest BCUT2D eigenvalue weighted by Gasteiger charge is -2.12. The standard InChI is InChI=1S/C13H18N4O/c1-3-11(4-2)17-8-5-10(16-17)9-12(18)13-14-6-7-15-13/h5-8,11H,3-4,9H2,1-2H3,(H,14,15). The summed E-state index contributed by atoms with van der Waals surface area (Å²) in [4.78, 5) is 18.6. The molecule has 0 unspecified atom stereocenters. The topological polar surface area (TPSA) is 63.6 Å². The van der Waals surface area contributed by atoms with Crippen molar-refractivity contribution < 1.29 is 4.79 Å². The highest BCUT2D eigenvalue weighted by Gasteiger charge is 2.13. The van der Waals surface area contributed by atoms with Gasteiger partial charge in [-0.15, -0.1) is 0 Å².